The number of hydrogen-bond donors (Lipinski definition) is 0. The molecule has 2 rings (SSSR count). The molecule has 18 heavy (non-hydrogen) atoms. The molecule has 1 amide bonds. The Morgan fingerprint density at radius 2 is 2.06 bits per heavy atom. The van der Waals surface area contributed by atoms with Crippen molar-refractivity contribution in [2.75, 3.05) is 13.1 Å². The Balaban J connectivity index is 1.87. The van der Waals surface area contributed by atoms with E-state index in [1.165, 1.54) is 0 Å². The highest BCUT2D eigenvalue weighted by atomic mass is 16.6. The molecule has 98 valence electrons. The lowest BCUT2D eigenvalue weighted by Gasteiger charge is -2.39. The first kappa shape index (κ1) is 12.9. The number of likely N-dealkylation sites (tertiary alicyclic amines) is 1. The van der Waals surface area contributed by atoms with Gasteiger partial charge in [-0.25, -0.2) is 4.79 Å². The summed E-state index contributed by atoms with van der Waals surface area (Å²) in [6.45, 7) is 9.05. The minimum atomic E-state index is -0.426. The Hall–Kier alpha value is -1.58. The van der Waals surface area contributed by atoms with Crippen LogP contribution < -0.4 is 0 Å². The molecule has 1 aromatic rings. The normalized spacial score (nSPS) is 16.3. The van der Waals surface area contributed by atoms with Gasteiger partial charge in [0.05, 0.1) is 0 Å². The van der Waals surface area contributed by atoms with Crippen LogP contribution in [0, 0.1) is 6.92 Å². The molecule has 1 aromatic heterocycles. The summed E-state index contributed by atoms with van der Waals surface area (Å²) in [5.74, 6) is 0.345. The van der Waals surface area contributed by atoms with Crippen LogP contribution in [0.3, 0.4) is 0 Å². The second kappa shape index (κ2) is 4.59. The molecule has 1 aliphatic rings. The lowest BCUT2D eigenvalue weighted by atomic mass is 9.96. The molecule has 4 nitrogen and oxygen atoms in total. The summed E-state index contributed by atoms with van der Waals surface area (Å²) >= 11 is 0. The zero-order valence-corrected chi connectivity index (χ0v) is 11.4. The van der Waals surface area contributed by atoms with Gasteiger partial charge in [-0.1, -0.05) is 6.07 Å². The highest BCUT2D eigenvalue weighted by molar-refractivity contribution is 5.69. The molecule has 4 heteroatoms. The predicted molar refractivity (Wildman–Crippen MR) is 69.5 cm³/mol. The fourth-order valence-electron chi connectivity index (χ4n) is 1.86. The number of aryl methyl sites for hydroxylation is 1. The monoisotopic (exact) mass is 248 g/mol. The van der Waals surface area contributed by atoms with Crippen molar-refractivity contribution >= 4 is 6.09 Å². The summed E-state index contributed by atoms with van der Waals surface area (Å²) in [4.78, 5) is 17.9. The van der Waals surface area contributed by atoms with Crippen LogP contribution in [0.1, 0.15) is 37.9 Å². The Bertz CT molecular complexity index is 428. The molecule has 1 fully saturated rings. The molecular formula is C14H20N2O2. The van der Waals surface area contributed by atoms with Gasteiger partial charge in [-0.15, -0.1) is 0 Å². The first-order chi connectivity index (χ1) is 8.35. The van der Waals surface area contributed by atoms with E-state index in [0.29, 0.717) is 19.0 Å². The number of hydrogen-bond acceptors (Lipinski definition) is 3. The van der Waals surface area contributed by atoms with Crippen LogP contribution in [0.4, 0.5) is 4.79 Å². The van der Waals surface area contributed by atoms with Gasteiger partial charge in [-0.3, -0.25) is 4.98 Å². The minimum absolute atomic E-state index is 0.231. The van der Waals surface area contributed by atoms with Gasteiger partial charge in [0.1, 0.15) is 5.60 Å². The van der Waals surface area contributed by atoms with Crippen LogP contribution in [0.5, 0.6) is 0 Å². The molecule has 0 spiro atoms. The van der Waals surface area contributed by atoms with Crippen LogP contribution in [0.25, 0.3) is 0 Å². The summed E-state index contributed by atoms with van der Waals surface area (Å²) < 4.78 is 5.31. The van der Waals surface area contributed by atoms with Gasteiger partial charge in [-0.2, -0.15) is 0 Å². The lowest BCUT2D eigenvalue weighted by Crippen LogP contribution is -2.50. The number of aromatic nitrogens is 1. The van der Waals surface area contributed by atoms with Crippen LogP contribution in [0.15, 0.2) is 18.3 Å². The number of pyridine rings is 1. The largest absolute Gasteiger partial charge is 0.444 e. The van der Waals surface area contributed by atoms with Gasteiger partial charge in [0.15, 0.2) is 0 Å². The maximum atomic E-state index is 11.8. The van der Waals surface area contributed by atoms with Crippen molar-refractivity contribution in [3.8, 4) is 0 Å². The second-order valence-corrected chi connectivity index (χ2v) is 5.84. The van der Waals surface area contributed by atoms with Gasteiger partial charge < -0.3 is 9.64 Å². The van der Waals surface area contributed by atoms with Gasteiger partial charge in [0.2, 0.25) is 0 Å². The summed E-state index contributed by atoms with van der Waals surface area (Å²) in [7, 11) is 0. The fourth-order valence-corrected chi connectivity index (χ4v) is 1.86. The first-order valence-electron chi connectivity index (χ1n) is 6.25. The molecule has 0 aromatic carbocycles. The molecular weight excluding hydrogens is 228 g/mol. The zero-order chi connectivity index (χ0) is 13.3. The number of ether oxygens (including phenoxy) is 1. The quantitative estimate of drug-likeness (QED) is 0.767. The predicted octanol–water partition coefficient (Wildman–Crippen LogP) is 2.72. The molecule has 0 radical (unpaired) electrons. The molecule has 0 unspecified atom stereocenters. The summed E-state index contributed by atoms with van der Waals surface area (Å²) in [6.07, 6.45) is 1.64. The van der Waals surface area contributed by atoms with Crippen LogP contribution in [-0.4, -0.2) is 34.7 Å². The van der Waals surface area contributed by atoms with E-state index >= 15 is 0 Å². The third-order valence-corrected chi connectivity index (χ3v) is 2.89. The van der Waals surface area contributed by atoms with E-state index in [9.17, 15) is 4.79 Å². The van der Waals surface area contributed by atoms with E-state index in [0.717, 1.165) is 11.3 Å². The van der Waals surface area contributed by atoms with Crippen LogP contribution in [0.2, 0.25) is 0 Å². The number of amides is 1. The average Bonchev–Trinajstić information content (AvgIpc) is 2.15. The number of nitrogens with zero attached hydrogens (tertiary/aromatic N) is 2. The molecule has 2 heterocycles. The van der Waals surface area contributed by atoms with Gasteiger partial charge in [0, 0.05) is 30.9 Å². The Kier molecular flexibility index (Phi) is 3.28. The standard InChI is InChI=1S/C14H20N2O2/c1-10-5-6-12(15-7-10)11-8-16(9-11)13(17)18-14(2,3)4/h5-7,11H,8-9H2,1-4H3. The van der Waals surface area contributed by atoms with E-state index in [-0.39, 0.29) is 6.09 Å². The van der Waals surface area contributed by atoms with Crippen molar-refractivity contribution in [1.29, 1.82) is 0 Å². The number of rotatable bonds is 1. The summed E-state index contributed by atoms with van der Waals surface area (Å²) in [6, 6.07) is 4.09. The van der Waals surface area contributed by atoms with Crippen molar-refractivity contribution in [2.45, 2.75) is 39.2 Å². The van der Waals surface area contributed by atoms with E-state index in [4.69, 9.17) is 4.74 Å². The molecule has 1 aliphatic heterocycles. The van der Waals surface area contributed by atoms with Crippen LogP contribution in [-0.2, 0) is 4.74 Å². The van der Waals surface area contributed by atoms with E-state index in [1.54, 1.807) is 4.90 Å². The Morgan fingerprint density at radius 3 is 2.56 bits per heavy atom. The lowest BCUT2D eigenvalue weighted by molar-refractivity contribution is 0.00787. The molecule has 0 bridgehead atoms. The summed E-state index contributed by atoms with van der Waals surface area (Å²) in [5, 5.41) is 0. The molecule has 0 aliphatic carbocycles. The van der Waals surface area contributed by atoms with Crippen molar-refractivity contribution in [3.63, 3.8) is 0 Å². The van der Waals surface area contributed by atoms with Crippen molar-refractivity contribution in [3.05, 3.63) is 29.6 Å². The molecule has 1 saturated heterocycles. The number of carbonyl (C=O) groups excluding carboxylic acids is 1. The van der Waals surface area contributed by atoms with Crippen molar-refractivity contribution in [1.82, 2.24) is 9.88 Å². The molecule has 0 saturated carbocycles. The highest BCUT2D eigenvalue weighted by Crippen LogP contribution is 2.27. The summed E-state index contributed by atoms with van der Waals surface area (Å²) in [5.41, 5.74) is 1.78. The average molecular weight is 248 g/mol. The topological polar surface area (TPSA) is 42.4 Å². The third kappa shape index (κ3) is 3.00. The zero-order valence-electron chi connectivity index (χ0n) is 11.4. The first-order valence-corrected chi connectivity index (χ1v) is 6.25. The second-order valence-electron chi connectivity index (χ2n) is 5.84. The van der Waals surface area contributed by atoms with Gasteiger partial charge >= 0.3 is 6.09 Å². The van der Waals surface area contributed by atoms with Crippen LogP contribution >= 0.6 is 0 Å². The maximum Gasteiger partial charge on any atom is 0.410 e. The van der Waals surface area contributed by atoms with Crippen molar-refractivity contribution in [2.24, 2.45) is 0 Å². The van der Waals surface area contributed by atoms with E-state index < -0.39 is 5.60 Å². The van der Waals surface area contributed by atoms with E-state index in [1.807, 2.05) is 40.0 Å². The molecule has 0 N–H and O–H groups in total. The maximum absolute atomic E-state index is 11.8. The Morgan fingerprint density at radius 1 is 1.39 bits per heavy atom. The minimum Gasteiger partial charge on any atom is -0.444 e. The SMILES string of the molecule is Cc1ccc(C2CN(C(=O)OC(C)(C)C)C2)nc1. The fraction of sp³-hybridized carbons (Fsp3) is 0.571. The number of carbonyl (C=O) groups is 1. The van der Waals surface area contributed by atoms with E-state index in [2.05, 4.69) is 11.1 Å². The molecule has 0 atom stereocenters. The van der Waals surface area contributed by atoms with Gasteiger partial charge in [-0.05, 0) is 39.3 Å². The smallest absolute Gasteiger partial charge is 0.410 e. The van der Waals surface area contributed by atoms with Crippen molar-refractivity contribution < 1.29 is 9.53 Å². The Labute approximate surface area is 108 Å². The third-order valence-electron chi connectivity index (χ3n) is 2.89. The van der Waals surface area contributed by atoms with Gasteiger partial charge in [0.25, 0.3) is 0 Å². The highest BCUT2D eigenvalue weighted by Gasteiger charge is 2.35.